The lowest BCUT2D eigenvalue weighted by Gasteiger charge is -2.07. The van der Waals surface area contributed by atoms with Gasteiger partial charge >= 0.3 is 0 Å². The smallest absolute Gasteiger partial charge is 0.291 e. The van der Waals surface area contributed by atoms with Gasteiger partial charge in [-0.25, -0.2) is 9.07 Å². The zero-order valence-electron chi connectivity index (χ0n) is 17.9. The van der Waals surface area contributed by atoms with E-state index < -0.39 is 0 Å². The first-order valence-corrected chi connectivity index (χ1v) is 10.7. The first kappa shape index (κ1) is 19.4. The summed E-state index contributed by atoms with van der Waals surface area (Å²) in [6, 6.07) is 18.6. The van der Waals surface area contributed by atoms with Crippen LogP contribution >= 0.6 is 0 Å². The molecule has 0 bridgehead atoms. The highest BCUT2D eigenvalue weighted by molar-refractivity contribution is 6.07. The minimum atomic E-state index is -0.240. The second kappa shape index (κ2) is 7.41. The predicted molar refractivity (Wildman–Crippen MR) is 127 cm³/mol. The standard InChI is InChI=1S/C26H20FN5O/c1-31-24-12-17(11-16-5-8-19(27)9-6-16)7-10-20(24)22-14-29-32(26(33)25(22)31)15-18-3-2-4-23-21(18)13-28-30-23/h2-10,12-14H,11,15H2,1H3,(H,28,30). The van der Waals surface area contributed by atoms with Crippen LogP contribution in [0.15, 0.2) is 77.9 Å². The molecule has 0 radical (unpaired) electrons. The molecule has 0 saturated carbocycles. The van der Waals surface area contributed by atoms with Crippen molar-refractivity contribution in [2.45, 2.75) is 13.0 Å². The molecular weight excluding hydrogens is 417 g/mol. The zero-order valence-corrected chi connectivity index (χ0v) is 17.9. The van der Waals surface area contributed by atoms with Gasteiger partial charge in [-0.3, -0.25) is 9.89 Å². The average molecular weight is 437 g/mol. The summed E-state index contributed by atoms with van der Waals surface area (Å²) in [5.74, 6) is -0.240. The Balaban J connectivity index is 1.43. The van der Waals surface area contributed by atoms with E-state index in [1.54, 1.807) is 24.5 Å². The lowest BCUT2D eigenvalue weighted by atomic mass is 10.0. The van der Waals surface area contributed by atoms with Crippen LogP contribution in [0.3, 0.4) is 0 Å². The molecular formula is C26H20FN5O. The van der Waals surface area contributed by atoms with E-state index in [2.05, 4.69) is 27.4 Å². The van der Waals surface area contributed by atoms with E-state index in [0.717, 1.165) is 43.9 Å². The molecule has 0 spiro atoms. The number of hydrogen-bond acceptors (Lipinski definition) is 3. The molecule has 3 aromatic carbocycles. The number of aryl methyl sites for hydroxylation is 1. The Morgan fingerprint density at radius 1 is 0.939 bits per heavy atom. The van der Waals surface area contributed by atoms with Crippen LogP contribution in [0, 0.1) is 5.82 Å². The molecule has 0 atom stereocenters. The molecule has 0 unspecified atom stereocenters. The quantitative estimate of drug-likeness (QED) is 0.440. The monoisotopic (exact) mass is 437 g/mol. The second-order valence-electron chi connectivity index (χ2n) is 8.33. The van der Waals surface area contributed by atoms with Crippen molar-refractivity contribution in [1.82, 2.24) is 24.5 Å². The molecule has 0 fully saturated rings. The van der Waals surface area contributed by atoms with Gasteiger partial charge in [-0.1, -0.05) is 36.4 Å². The number of rotatable bonds is 4. The van der Waals surface area contributed by atoms with Crippen LogP contribution in [0.25, 0.3) is 32.7 Å². The molecule has 6 aromatic rings. The van der Waals surface area contributed by atoms with Crippen LogP contribution in [0.5, 0.6) is 0 Å². The minimum absolute atomic E-state index is 0.133. The summed E-state index contributed by atoms with van der Waals surface area (Å²) in [5, 5.41) is 14.4. The maximum atomic E-state index is 13.4. The molecule has 0 amide bonds. The van der Waals surface area contributed by atoms with Gasteiger partial charge in [0.1, 0.15) is 11.3 Å². The van der Waals surface area contributed by atoms with Crippen molar-refractivity contribution in [3.63, 3.8) is 0 Å². The van der Waals surface area contributed by atoms with Crippen LogP contribution < -0.4 is 5.56 Å². The van der Waals surface area contributed by atoms with Gasteiger partial charge in [-0.05, 0) is 47.4 Å². The SMILES string of the molecule is Cn1c2cc(Cc3ccc(F)cc3)ccc2c2cnn(Cc3cccc4[nH]ncc34)c(=O)c21. The number of hydrogen-bond donors (Lipinski definition) is 1. The summed E-state index contributed by atoms with van der Waals surface area (Å²) in [5.41, 5.74) is 5.51. The van der Waals surface area contributed by atoms with Crippen molar-refractivity contribution in [3.8, 4) is 0 Å². The number of benzene rings is 3. The van der Waals surface area contributed by atoms with Crippen LogP contribution in [-0.2, 0) is 20.0 Å². The number of nitrogens with one attached hydrogen (secondary N) is 1. The summed E-state index contributed by atoms with van der Waals surface area (Å²) >= 11 is 0. The Morgan fingerprint density at radius 2 is 1.76 bits per heavy atom. The third kappa shape index (κ3) is 3.20. The molecule has 162 valence electrons. The summed E-state index contributed by atoms with van der Waals surface area (Å²) < 4.78 is 16.7. The van der Waals surface area contributed by atoms with Crippen molar-refractivity contribution in [1.29, 1.82) is 0 Å². The fourth-order valence-electron chi connectivity index (χ4n) is 4.59. The lowest BCUT2D eigenvalue weighted by Crippen LogP contribution is -2.24. The fraction of sp³-hybridized carbons (Fsp3) is 0.115. The number of aromatic nitrogens is 5. The average Bonchev–Trinajstić information content (AvgIpc) is 3.41. The van der Waals surface area contributed by atoms with Gasteiger partial charge in [-0.15, -0.1) is 0 Å². The summed E-state index contributed by atoms with van der Waals surface area (Å²) in [7, 11) is 1.91. The molecule has 0 aliphatic heterocycles. The van der Waals surface area contributed by atoms with Crippen LogP contribution in [0.1, 0.15) is 16.7 Å². The van der Waals surface area contributed by atoms with Crippen LogP contribution in [0.2, 0.25) is 0 Å². The number of H-pyrrole nitrogens is 1. The van der Waals surface area contributed by atoms with E-state index in [4.69, 9.17) is 0 Å². The van der Waals surface area contributed by atoms with E-state index in [1.165, 1.54) is 16.8 Å². The molecule has 7 heteroatoms. The highest BCUT2D eigenvalue weighted by Crippen LogP contribution is 2.27. The Labute approximate surface area is 187 Å². The van der Waals surface area contributed by atoms with Crippen molar-refractivity contribution in [3.05, 3.63) is 106 Å². The molecule has 0 aliphatic carbocycles. The van der Waals surface area contributed by atoms with Crippen molar-refractivity contribution in [2.24, 2.45) is 7.05 Å². The van der Waals surface area contributed by atoms with E-state index in [1.807, 2.05) is 35.9 Å². The first-order chi connectivity index (χ1) is 16.1. The molecule has 0 aliphatic rings. The van der Waals surface area contributed by atoms with Gasteiger partial charge in [0.15, 0.2) is 0 Å². The van der Waals surface area contributed by atoms with Gasteiger partial charge in [0.25, 0.3) is 5.56 Å². The number of fused-ring (bicyclic) bond motifs is 4. The van der Waals surface area contributed by atoms with Gasteiger partial charge in [0.05, 0.1) is 24.5 Å². The maximum Gasteiger partial charge on any atom is 0.291 e. The van der Waals surface area contributed by atoms with Gasteiger partial charge in [0.2, 0.25) is 0 Å². The summed E-state index contributed by atoms with van der Waals surface area (Å²) in [6.07, 6.45) is 4.23. The van der Waals surface area contributed by atoms with Gasteiger partial charge < -0.3 is 4.57 Å². The predicted octanol–water partition coefficient (Wildman–Crippen LogP) is 4.54. The topological polar surface area (TPSA) is 68.5 Å². The second-order valence-corrected chi connectivity index (χ2v) is 8.33. The van der Waals surface area contributed by atoms with Crippen molar-refractivity contribution in [2.75, 3.05) is 0 Å². The maximum absolute atomic E-state index is 13.4. The minimum Gasteiger partial charge on any atom is -0.339 e. The van der Waals surface area contributed by atoms with Gasteiger partial charge in [0, 0.05) is 28.7 Å². The van der Waals surface area contributed by atoms with Crippen LogP contribution in [-0.4, -0.2) is 24.5 Å². The zero-order chi connectivity index (χ0) is 22.5. The highest BCUT2D eigenvalue weighted by atomic mass is 19.1. The number of nitrogens with zero attached hydrogens (tertiary/aromatic N) is 4. The first-order valence-electron chi connectivity index (χ1n) is 10.7. The lowest BCUT2D eigenvalue weighted by molar-refractivity contribution is 0.627. The van der Waals surface area contributed by atoms with Crippen LogP contribution in [0.4, 0.5) is 4.39 Å². The van der Waals surface area contributed by atoms with Gasteiger partial charge in [-0.2, -0.15) is 10.2 Å². The van der Waals surface area contributed by atoms with E-state index in [-0.39, 0.29) is 11.4 Å². The van der Waals surface area contributed by atoms with E-state index in [0.29, 0.717) is 18.5 Å². The summed E-state index contributed by atoms with van der Waals surface area (Å²) in [6.45, 7) is 0.364. The highest BCUT2D eigenvalue weighted by Gasteiger charge is 2.15. The number of aromatic amines is 1. The Kier molecular flexibility index (Phi) is 4.36. The molecule has 6 nitrogen and oxygen atoms in total. The normalized spacial score (nSPS) is 11.7. The summed E-state index contributed by atoms with van der Waals surface area (Å²) in [4.78, 5) is 13.4. The van der Waals surface area contributed by atoms with Crippen molar-refractivity contribution < 1.29 is 4.39 Å². The molecule has 33 heavy (non-hydrogen) atoms. The third-order valence-electron chi connectivity index (χ3n) is 6.28. The fourth-order valence-corrected chi connectivity index (χ4v) is 4.59. The molecule has 3 aromatic heterocycles. The molecule has 6 rings (SSSR count). The largest absolute Gasteiger partial charge is 0.339 e. The third-order valence-corrected chi connectivity index (χ3v) is 6.28. The van der Waals surface area contributed by atoms with Crippen molar-refractivity contribution >= 4 is 32.7 Å². The Morgan fingerprint density at radius 3 is 2.61 bits per heavy atom. The van der Waals surface area contributed by atoms with E-state index >= 15 is 0 Å². The van der Waals surface area contributed by atoms with E-state index in [9.17, 15) is 9.18 Å². The molecule has 3 heterocycles. The molecule has 1 N–H and O–H groups in total. The number of halogens is 1. The molecule has 0 saturated heterocycles. The Hall–Kier alpha value is -4.26. The Bertz CT molecular complexity index is 1710.